The monoisotopic (exact) mass is 290 g/mol. The molecule has 1 unspecified atom stereocenters. The van der Waals surface area contributed by atoms with E-state index in [1.54, 1.807) is 0 Å². The molecule has 1 saturated heterocycles. The van der Waals surface area contributed by atoms with Crippen LogP contribution >= 0.6 is 0 Å². The van der Waals surface area contributed by atoms with Gasteiger partial charge in [-0.3, -0.25) is 0 Å². The number of benzene rings is 1. The van der Waals surface area contributed by atoms with E-state index in [9.17, 15) is 13.7 Å². The Morgan fingerprint density at radius 1 is 1.20 bits per heavy atom. The standard InChI is InChI=1S/C15H18N2O2S/c16-11-15(12-4-2-1-3-5-12)8-14(9-15)17-13-6-7-20(18,19)10-13/h1-5,13-14,17H,6-10H2. The normalized spacial score (nSPS) is 35.1. The van der Waals surface area contributed by atoms with Crippen LogP contribution in [0.1, 0.15) is 24.8 Å². The van der Waals surface area contributed by atoms with E-state index >= 15 is 0 Å². The average molecular weight is 290 g/mol. The molecule has 3 rings (SSSR count). The Morgan fingerprint density at radius 3 is 2.45 bits per heavy atom. The summed E-state index contributed by atoms with van der Waals surface area (Å²) >= 11 is 0. The first-order chi connectivity index (χ1) is 9.53. The second kappa shape index (κ2) is 4.87. The molecule has 1 N–H and O–H groups in total. The van der Waals surface area contributed by atoms with Crippen LogP contribution < -0.4 is 5.32 Å². The van der Waals surface area contributed by atoms with E-state index in [0.29, 0.717) is 12.2 Å². The third-order valence-corrected chi connectivity index (χ3v) is 6.20. The summed E-state index contributed by atoms with van der Waals surface area (Å²) in [5.74, 6) is 0.536. The smallest absolute Gasteiger partial charge is 0.151 e. The van der Waals surface area contributed by atoms with Gasteiger partial charge < -0.3 is 5.32 Å². The van der Waals surface area contributed by atoms with Crippen molar-refractivity contribution in [2.75, 3.05) is 11.5 Å². The maximum atomic E-state index is 11.4. The lowest BCUT2D eigenvalue weighted by Crippen LogP contribution is -2.54. The van der Waals surface area contributed by atoms with Gasteiger partial charge in [0.05, 0.1) is 23.0 Å². The lowest BCUT2D eigenvalue weighted by atomic mass is 9.62. The van der Waals surface area contributed by atoms with Gasteiger partial charge in [-0.2, -0.15) is 5.26 Å². The Bertz CT molecular complexity index is 628. The zero-order valence-electron chi connectivity index (χ0n) is 11.2. The Labute approximate surface area is 119 Å². The van der Waals surface area contributed by atoms with Gasteiger partial charge in [0.2, 0.25) is 0 Å². The largest absolute Gasteiger partial charge is 0.310 e. The molecule has 0 bridgehead atoms. The maximum Gasteiger partial charge on any atom is 0.151 e. The average Bonchev–Trinajstić information content (AvgIpc) is 2.74. The SMILES string of the molecule is N#CC1(c2ccccc2)CC(NC2CCS(=O)(=O)C2)C1. The second-order valence-electron chi connectivity index (χ2n) is 5.93. The van der Waals surface area contributed by atoms with E-state index in [1.807, 2.05) is 30.3 Å². The van der Waals surface area contributed by atoms with E-state index in [1.165, 1.54) is 0 Å². The van der Waals surface area contributed by atoms with Gasteiger partial charge in [0.1, 0.15) is 0 Å². The van der Waals surface area contributed by atoms with Gasteiger partial charge in [0, 0.05) is 12.1 Å². The van der Waals surface area contributed by atoms with Crippen LogP contribution in [0.3, 0.4) is 0 Å². The summed E-state index contributed by atoms with van der Waals surface area (Å²) in [6.07, 6.45) is 2.23. The summed E-state index contributed by atoms with van der Waals surface area (Å²) in [5.41, 5.74) is 0.677. The van der Waals surface area contributed by atoms with Gasteiger partial charge in [0.15, 0.2) is 9.84 Å². The molecule has 5 heteroatoms. The van der Waals surface area contributed by atoms with Crippen molar-refractivity contribution < 1.29 is 8.42 Å². The number of nitriles is 1. The summed E-state index contributed by atoms with van der Waals surface area (Å²) in [4.78, 5) is 0. The maximum absolute atomic E-state index is 11.4. The van der Waals surface area contributed by atoms with Crippen LogP contribution in [0.25, 0.3) is 0 Å². The lowest BCUT2D eigenvalue weighted by Gasteiger charge is -2.44. The summed E-state index contributed by atoms with van der Waals surface area (Å²) in [7, 11) is -2.84. The van der Waals surface area contributed by atoms with Gasteiger partial charge in [-0.1, -0.05) is 30.3 Å². The predicted molar refractivity (Wildman–Crippen MR) is 76.9 cm³/mol. The number of nitrogens with one attached hydrogen (secondary N) is 1. The Kier molecular flexibility index (Phi) is 3.31. The van der Waals surface area contributed by atoms with E-state index in [4.69, 9.17) is 0 Å². The molecule has 20 heavy (non-hydrogen) atoms. The van der Waals surface area contributed by atoms with Crippen LogP contribution in [-0.4, -0.2) is 32.0 Å². The topological polar surface area (TPSA) is 70.0 Å². The molecular formula is C15H18N2O2S. The summed E-state index contributed by atoms with van der Waals surface area (Å²) in [6.45, 7) is 0. The fourth-order valence-corrected chi connectivity index (χ4v) is 4.99. The minimum Gasteiger partial charge on any atom is -0.310 e. The van der Waals surface area contributed by atoms with Crippen LogP contribution in [0.15, 0.2) is 30.3 Å². The van der Waals surface area contributed by atoms with Crippen molar-refractivity contribution in [3.63, 3.8) is 0 Å². The first kappa shape index (κ1) is 13.6. The third-order valence-electron chi connectivity index (χ3n) is 4.43. The van der Waals surface area contributed by atoms with Crippen molar-refractivity contribution >= 4 is 9.84 Å². The fraction of sp³-hybridized carbons (Fsp3) is 0.533. The van der Waals surface area contributed by atoms with Crippen molar-refractivity contribution in [1.82, 2.24) is 5.32 Å². The zero-order valence-corrected chi connectivity index (χ0v) is 12.1. The van der Waals surface area contributed by atoms with Crippen LogP contribution in [0, 0.1) is 11.3 Å². The molecule has 1 saturated carbocycles. The summed E-state index contributed by atoms with van der Waals surface area (Å²) in [5, 5.41) is 12.9. The highest BCUT2D eigenvalue weighted by Crippen LogP contribution is 2.43. The highest BCUT2D eigenvalue weighted by Gasteiger charge is 2.47. The van der Waals surface area contributed by atoms with Gasteiger partial charge in [-0.25, -0.2) is 8.42 Å². The van der Waals surface area contributed by atoms with E-state index in [0.717, 1.165) is 18.4 Å². The van der Waals surface area contributed by atoms with Crippen LogP contribution in [0.5, 0.6) is 0 Å². The van der Waals surface area contributed by atoms with Crippen LogP contribution in [-0.2, 0) is 15.3 Å². The highest BCUT2D eigenvalue weighted by molar-refractivity contribution is 7.91. The van der Waals surface area contributed by atoms with E-state index in [2.05, 4.69) is 11.4 Å². The third kappa shape index (κ3) is 2.46. The fourth-order valence-electron chi connectivity index (χ4n) is 3.31. The highest BCUT2D eigenvalue weighted by atomic mass is 32.2. The van der Waals surface area contributed by atoms with Gasteiger partial charge in [-0.05, 0) is 24.8 Å². The van der Waals surface area contributed by atoms with Crippen LogP contribution in [0.2, 0.25) is 0 Å². The molecule has 1 heterocycles. The molecule has 1 aromatic rings. The Balaban J connectivity index is 1.62. The minimum atomic E-state index is -2.84. The first-order valence-corrected chi connectivity index (χ1v) is 8.78. The van der Waals surface area contributed by atoms with E-state index in [-0.39, 0.29) is 17.8 Å². The minimum absolute atomic E-state index is 0.0671. The van der Waals surface area contributed by atoms with Gasteiger partial charge in [-0.15, -0.1) is 0 Å². The van der Waals surface area contributed by atoms with Crippen LogP contribution in [0.4, 0.5) is 0 Å². The Morgan fingerprint density at radius 2 is 1.90 bits per heavy atom. The molecule has 0 amide bonds. The molecule has 0 spiro atoms. The van der Waals surface area contributed by atoms with Crippen molar-refractivity contribution in [3.8, 4) is 6.07 Å². The Hall–Kier alpha value is -1.38. The zero-order chi connectivity index (χ0) is 14.2. The number of nitrogens with zero attached hydrogens (tertiary/aromatic N) is 1. The molecule has 1 atom stereocenters. The molecule has 1 aromatic carbocycles. The van der Waals surface area contributed by atoms with E-state index < -0.39 is 15.3 Å². The van der Waals surface area contributed by atoms with Crippen molar-refractivity contribution in [1.29, 1.82) is 5.26 Å². The molecule has 4 nitrogen and oxygen atoms in total. The first-order valence-electron chi connectivity index (χ1n) is 6.96. The number of hydrogen-bond acceptors (Lipinski definition) is 4. The van der Waals surface area contributed by atoms with Crippen molar-refractivity contribution in [2.45, 2.75) is 36.8 Å². The summed E-state index contributed by atoms with van der Waals surface area (Å²) < 4.78 is 22.9. The number of sulfone groups is 1. The molecule has 0 radical (unpaired) electrons. The molecular weight excluding hydrogens is 272 g/mol. The van der Waals surface area contributed by atoms with Gasteiger partial charge in [0.25, 0.3) is 0 Å². The second-order valence-corrected chi connectivity index (χ2v) is 8.16. The molecule has 2 aliphatic rings. The molecule has 106 valence electrons. The molecule has 1 aliphatic carbocycles. The predicted octanol–water partition coefficient (Wildman–Crippen LogP) is 1.39. The molecule has 2 fully saturated rings. The van der Waals surface area contributed by atoms with Gasteiger partial charge >= 0.3 is 0 Å². The van der Waals surface area contributed by atoms with Crippen molar-refractivity contribution in [3.05, 3.63) is 35.9 Å². The molecule has 0 aromatic heterocycles. The number of hydrogen-bond donors (Lipinski definition) is 1. The molecule has 1 aliphatic heterocycles. The quantitative estimate of drug-likeness (QED) is 0.913. The van der Waals surface area contributed by atoms with Crippen molar-refractivity contribution in [2.24, 2.45) is 0 Å². The number of rotatable bonds is 3. The lowest BCUT2D eigenvalue weighted by molar-refractivity contribution is 0.213. The summed E-state index contributed by atoms with van der Waals surface area (Å²) in [6, 6.07) is 12.6.